The third-order valence-electron chi connectivity index (χ3n) is 8.24. The molecule has 40 heavy (non-hydrogen) atoms. The summed E-state index contributed by atoms with van der Waals surface area (Å²) in [7, 11) is 0. The van der Waals surface area contributed by atoms with E-state index < -0.39 is 0 Å². The van der Waals surface area contributed by atoms with Gasteiger partial charge in [0.05, 0.1) is 52.6 Å². The second kappa shape index (κ2) is 35.5. The van der Waals surface area contributed by atoms with Crippen LogP contribution in [0.1, 0.15) is 130 Å². The van der Waals surface area contributed by atoms with E-state index in [1.54, 1.807) is 0 Å². The van der Waals surface area contributed by atoms with Crippen molar-refractivity contribution in [2.45, 2.75) is 130 Å². The van der Waals surface area contributed by atoms with Gasteiger partial charge in [-0.1, -0.05) is 79.1 Å². The van der Waals surface area contributed by atoms with Crippen LogP contribution >= 0.6 is 0 Å². The molecule has 0 aromatic heterocycles. The molecule has 0 fully saturated rings. The maximum Gasteiger partial charge on any atom is 0.102 e. The summed E-state index contributed by atoms with van der Waals surface area (Å²) in [5.41, 5.74) is 0. The van der Waals surface area contributed by atoms with Crippen LogP contribution in [0.5, 0.6) is 0 Å². The molecular formula is C32H72Cl2N2O4. The fourth-order valence-electron chi connectivity index (χ4n) is 5.69. The predicted molar refractivity (Wildman–Crippen MR) is 164 cm³/mol. The van der Waals surface area contributed by atoms with Gasteiger partial charge in [0.15, 0.2) is 0 Å². The quantitative estimate of drug-likeness (QED) is 0.0730. The fraction of sp³-hybridized carbons (Fsp3) is 1.00. The molecule has 0 spiro atoms. The minimum Gasteiger partial charge on any atom is -1.00 e. The summed E-state index contributed by atoms with van der Waals surface area (Å²) in [6, 6.07) is 0. The topological polar surface area (TPSA) is 80.9 Å². The fourth-order valence-corrected chi connectivity index (χ4v) is 5.69. The van der Waals surface area contributed by atoms with Crippen molar-refractivity contribution in [3.8, 4) is 0 Å². The third-order valence-corrected chi connectivity index (χ3v) is 8.24. The molecule has 4 N–H and O–H groups in total. The van der Waals surface area contributed by atoms with E-state index in [1.165, 1.54) is 103 Å². The molecule has 0 rings (SSSR count). The first-order valence-corrected chi connectivity index (χ1v) is 16.6. The van der Waals surface area contributed by atoms with E-state index in [-0.39, 0.29) is 51.2 Å². The Balaban J connectivity index is -0.000000309. The number of unbranched alkanes of at least 4 members (excludes halogenated alkanes) is 12. The maximum absolute atomic E-state index is 9.34. The molecule has 0 atom stereocenters. The van der Waals surface area contributed by atoms with Crippen LogP contribution in [0.4, 0.5) is 0 Å². The van der Waals surface area contributed by atoms with E-state index in [0.29, 0.717) is 0 Å². The Morgan fingerprint density at radius 3 is 0.650 bits per heavy atom. The van der Waals surface area contributed by atoms with Crippen LogP contribution in [0.15, 0.2) is 0 Å². The summed E-state index contributed by atoms with van der Waals surface area (Å²) in [4.78, 5) is 0. The standard InChI is InChI=1S/2C16H36NO2.2ClH/c2*1-3-5-7-9-11-17(13-15-18,14-16-19)12-10-8-6-4-2;;/h2*18-19H,3-16H2,1-2H3;2*1H/q2*+1;;/p-2. The summed E-state index contributed by atoms with van der Waals surface area (Å²) >= 11 is 0. The molecule has 0 heterocycles. The number of hydrogen-bond donors (Lipinski definition) is 4. The smallest absolute Gasteiger partial charge is 0.102 e. The molecule has 0 aliphatic heterocycles. The Morgan fingerprint density at radius 1 is 0.300 bits per heavy atom. The van der Waals surface area contributed by atoms with Gasteiger partial charge in [0.2, 0.25) is 0 Å². The minimum atomic E-state index is 0. The Morgan fingerprint density at radius 2 is 0.500 bits per heavy atom. The summed E-state index contributed by atoms with van der Waals surface area (Å²) < 4.78 is 1.83. The minimum absolute atomic E-state index is 0. The van der Waals surface area contributed by atoms with Crippen molar-refractivity contribution in [1.82, 2.24) is 0 Å². The summed E-state index contributed by atoms with van der Waals surface area (Å²) in [5, 5.41) is 37.3. The largest absolute Gasteiger partial charge is 1.00 e. The number of aliphatic hydroxyl groups excluding tert-OH is 4. The van der Waals surface area contributed by atoms with Crippen molar-refractivity contribution < 1.29 is 54.2 Å². The van der Waals surface area contributed by atoms with Crippen LogP contribution < -0.4 is 24.8 Å². The number of nitrogens with zero attached hydrogens (tertiary/aromatic N) is 2. The van der Waals surface area contributed by atoms with E-state index in [0.717, 1.165) is 61.3 Å². The highest BCUT2D eigenvalue weighted by Gasteiger charge is 2.26. The van der Waals surface area contributed by atoms with E-state index >= 15 is 0 Å². The molecule has 0 saturated carbocycles. The van der Waals surface area contributed by atoms with Crippen LogP contribution in [0.25, 0.3) is 0 Å². The highest BCUT2D eigenvalue weighted by atomic mass is 35.5. The van der Waals surface area contributed by atoms with Gasteiger partial charge in [-0.15, -0.1) is 0 Å². The first-order valence-electron chi connectivity index (χ1n) is 16.6. The second-order valence-corrected chi connectivity index (χ2v) is 11.6. The Labute approximate surface area is 262 Å². The van der Waals surface area contributed by atoms with Gasteiger partial charge in [-0.3, -0.25) is 0 Å². The molecule has 0 radical (unpaired) electrons. The zero-order valence-electron chi connectivity index (χ0n) is 27.2. The van der Waals surface area contributed by atoms with Crippen LogP contribution in [-0.2, 0) is 0 Å². The van der Waals surface area contributed by atoms with Crippen molar-refractivity contribution in [2.75, 3.05) is 78.8 Å². The Kier molecular flexibility index (Phi) is 42.0. The molecular weight excluding hydrogens is 547 g/mol. The zero-order valence-corrected chi connectivity index (χ0v) is 28.8. The highest BCUT2D eigenvalue weighted by molar-refractivity contribution is 4.51. The molecule has 0 unspecified atom stereocenters. The molecule has 248 valence electrons. The van der Waals surface area contributed by atoms with Gasteiger partial charge in [0.1, 0.15) is 26.2 Å². The molecule has 0 amide bonds. The molecule has 0 aliphatic carbocycles. The molecule has 0 aliphatic rings. The Hall–Kier alpha value is 0.340. The van der Waals surface area contributed by atoms with Gasteiger partial charge in [-0.25, -0.2) is 0 Å². The molecule has 0 aromatic rings. The predicted octanol–water partition coefficient (Wildman–Crippen LogP) is -0.0952. The van der Waals surface area contributed by atoms with Crippen LogP contribution in [0.3, 0.4) is 0 Å². The maximum atomic E-state index is 9.34. The third kappa shape index (κ3) is 27.2. The van der Waals surface area contributed by atoms with Crippen LogP contribution in [-0.4, -0.2) is 108 Å². The lowest BCUT2D eigenvalue weighted by atomic mass is 10.1. The van der Waals surface area contributed by atoms with Crippen molar-refractivity contribution in [2.24, 2.45) is 0 Å². The summed E-state index contributed by atoms with van der Waals surface area (Å²) in [6.07, 6.45) is 20.3. The molecule has 0 aromatic carbocycles. The lowest BCUT2D eigenvalue weighted by Gasteiger charge is -2.38. The van der Waals surface area contributed by atoms with Crippen molar-refractivity contribution in [3.05, 3.63) is 0 Å². The number of hydrogen-bond acceptors (Lipinski definition) is 4. The van der Waals surface area contributed by atoms with Gasteiger partial charge >= 0.3 is 0 Å². The van der Waals surface area contributed by atoms with Gasteiger partial charge in [0, 0.05) is 0 Å². The van der Waals surface area contributed by atoms with Gasteiger partial charge < -0.3 is 54.2 Å². The number of rotatable bonds is 28. The monoisotopic (exact) mass is 618 g/mol. The first-order chi connectivity index (χ1) is 18.5. The van der Waals surface area contributed by atoms with Crippen LogP contribution in [0.2, 0.25) is 0 Å². The first kappa shape index (κ1) is 47.3. The van der Waals surface area contributed by atoms with E-state index in [1.807, 2.05) is 0 Å². The summed E-state index contributed by atoms with van der Waals surface area (Å²) in [5.74, 6) is 0. The molecule has 0 saturated heterocycles. The SMILES string of the molecule is CCCCCC[N+](CCO)(CCO)CCCCCC.CCCCCC[N+](CCO)(CCO)CCCCCC.[Cl-].[Cl-]. The van der Waals surface area contributed by atoms with Crippen molar-refractivity contribution >= 4 is 0 Å². The van der Waals surface area contributed by atoms with E-state index in [4.69, 9.17) is 0 Å². The number of aliphatic hydroxyl groups is 4. The summed E-state index contributed by atoms with van der Waals surface area (Å²) in [6.45, 7) is 17.6. The van der Waals surface area contributed by atoms with Gasteiger partial charge in [-0.05, 0) is 51.4 Å². The molecule has 6 nitrogen and oxygen atoms in total. The second-order valence-electron chi connectivity index (χ2n) is 11.6. The molecule has 0 bridgehead atoms. The van der Waals surface area contributed by atoms with Crippen LogP contribution in [0, 0.1) is 0 Å². The van der Waals surface area contributed by atoms with Gasteiger partial charge in [0.25, 0.3) is 0 Å². The van der Waals surface area contributed by atoms with E-state index in [9.17, 15) is 20.4 Å². The average Bonchev–Trinajstić information content (AvgIpc) is 2.91. The van der Waals surface area contributed by atoms with Crippen molar-refractivity contribution in [1.29, 1.82) is 0 Å². The number of quaternary nitrogens is 2. The van der Waals surface area contributed by atoms with E-state index in [2.05, 4.69) is 27.7 Å². The molecule has 8 heteroatoms. The average molecular weight is 620 g/mol. The zero-order chi connectivity index (χ0) is 28.8. The van der Waals surface area contributed by atoms with Gasteiger partial charge in [-0.2, -0.15) is 0 Å². The normalized spacial score (nSPS) is 11.4. The highest BCUT2D eigenvalue weighted by Crippen LogP contribution is 2.15. The Bertz CT molecular complexity index is 383. The van der Waals surface area contributed by atoms with Crippen molar-refractivity contribution in [3.63, 3.8) is 0 Å². The lowest BCUT2D eigenvalue weighted by Crippen LogP contribution is -3.00. The lowest BCUT2D eigenvalue weighted by molar-refractivity contribution is -0.929. The number of halogens is 2.